The van der Waals surface area contributed by atoms with Crippen LogP contribution in [0.3, 0.4) is 0 Å². The predicted molar refractivity (Wildman–Crippen MR) is 81.6 cm³/mol. The molecular formula is C14H20FN3OS. The number of halogens is 1. The number of amides is 1. The van der Waals surface area contributed by atoms with Gasteiger partial charge in [-0.2, -0.15) is 0 Å². The van der Waals surface area contributed by atoms with E-state index in [0.29, 0.717) is 30.1 Å². The minimum absolute atomic E-state index is 0.0922. The monoisotopic (exact) mass is 297 g/mol. The number of primary amides is 1. The Morgan fingerprint density at radius 1 is 1.40 bits per heavy atom. The number of nitrogens with two attached hydrogens (primary N) is 2. The highest BCUT2D eigenvalue weighted by Gasteiger charge is 2.14. The van der Waals surface area contributed by atoms with E-state index in [0.717, 1.165) is 0 Å². The highest BCUT2D eigenvalue weighted by molar-refractivity contribution is 7.80. The zero-order chi connectivity index (χ0) is 15.3. The van der Waals surface area contributed by atoms with Gasteiger partial charge in [-0.25, -0.2) is 4.39 Å². The van der Waals surface area contributed by atoms with Crippen molar-refractivity contribution in [3.05, 3.63) is 35.1 Å². The topological polar surface area (TPSA) is 72.3 Å². The van der Waals surface area contributed by atoms with Crippen LogP contribution in [0.4, 0.5) is 4.39 Å². The second-order valence-corrected chi connectivity index (χ2v) is 5.64. The summed E-state index contributed by atoms with van der Waals surface area (Å²) in [6.45, 7) is 5.09. The van der Waals surface area contributed by atoms with Crippen molar-refractivity contribution in [2.45, 2.75) is 20.4 Å². The first-order valence-corrected chi connectivity index (χ1v) is 6.79. The Morgan fingerprint density at radius 3 is 2.55 bits per heavy atom. The number of carbonyl (C=O) groups is 1. The molecule has 0 aliphatic rings. The minimum atomic E-state index is -0.434. The Labute approximate surface area is 123 Å². The smallest absolute Gasteiger partial charge is 0.231 e. The summed E-state index contributed by atoms with van der Waals surface area (Å²) in [4.78, 5) is 13.1. The maximum atomic E-state index is 13.8. The molecule has 0 bridgehead atoms. The largest absolute Gasteiger partial charge is 0.389 e. The van der Waals surface area contributed by atoms with Gasteiger partial charge in [0.05, 0.1) is 6.54 Å². The Hall–Kier alpha value is -1.53. The molecular weight excluding hydrogens is 277 g/mol. The molecule has 20 heavy (non-hydrogen) atoms. The standard InChI is InChI=1S/C14H20FN3OS/c1-9(2)6-18(8-13(16)19)7-11-5-10(14(17)20)3-4-12(11)15/h3-5,9H,6-8H2,1-2H3,(H2,16,19)(H2,17,20). The van der Waals surface area contributed by atoms with Crippen molar-refractivity contribution in [2.75, 3.05) is 13.1 Å². The number of nitrogens with zero attached hydrogens (tertiary/aromatic N) is 1. The Kier molecular flexibility index (Phi) is 6.04. The maximum absolute atomic E-state index is 13.8. The highest BCUT2D eigenvalue weighted by atomic mass is 32.1. The van der Waals surface area contributed by atoms with Crippen LogP contribution in [0.25, 0.3) is 0 Å². The van der Waals surface area contributed by atoms with Crippen LogP contribution in [0, 0.1) is 11.7 Å². The van der Waals surface area contributed by atoms with Crippen molar-refractivity contribution < 1.29 is 9.18 Å². The lowest BCUT2D eigenvalue weighted by Gasteiger charge is -2.23. The molecule has 0 saturated heterocycles. The molecule has 1 amide bonds. The van der Waals surface area contributed by atoms with Gasteiger partial charge in [0, 0.05) is 24.2 Å². The lowest BCUT2D eigenvalue weighted by atomic mass is 10.1. The average Bonchev–Trinajstić information content (AvgIpc) is 2.29. The second kappa shape index (κ2) is 7.31. The number of rotatable bonds is 7. The Bertz CT molecular complexity index is 505. The molecule has 6 heteroatoms. The van der Waals surface area contributed by atoms with Crippen molar-refractivity contribution in [3.8, 4) is 0 Å². The van der Waals surface area contributed by atoms with E-state index in [1.807, 2.05) is 18.7 Å². The second-order valence-electron chi connectivity index (χ2n) is 5.20. The van der Waals surface area contributed by atoms with Gasteiger partial charge in [-0.05, 0) is 24.1 Å². The summed E-state index contributed by atoms with van der Waals surface area (Å²) in [7, 11) is 0. The molecule has 1 aromatic rings. The van der Waals surface area contributed by atoms with Crippen molar-refractivity contribution in [3.63, 3.8) is 0 Å². The molecule has 110 valence electrons. The molecule has 0 aliphatic heterocycles. The molecule has 4 N–H and O–H groups in total. The van der Waals surface area contributed by atoms with Gasteiger partial charge in [0.25, 0.3) is 0 Å². The number of hydrogen-bond acceptors (Lipinski definition) is 3. The first-order valence-electron chi connectivity index (χ1n) is 6.38. The lowest BCUT2D eigenvalue weighted by Crippen LogP contribution is -2.36. The van der Waals surface area contributed by atoms with E-state index in [1.165, 1.54) is 6.07 Å². The van der Waals surface area contributed by atoms with Gasteiger partial charge in [0.15, 0.2) is 0 Å². The molecule has 0 aromatic heterocycles. The summed E-state index contributed by atoms with van der Waals surface area (Å²) in [5.74, 6) is -0.434. The van der Waals surface area contributed by atoms with Crippen molar-refractivity contribution in [2.24, 2.45) is 17.4 Å². The summed E-state index contributed by atoms with van der Waals surface area (Å²) in [6.07, 6.45) is 0. The fraction of sp³-hybridized carbons (Fsp3) is 0.429. The molecule has 1 rings (SSSR count). The Balaban J connectivity index is 2.94. The third kappa shape index (κ3) is 5.22. The van der Waals surface area contributed by atoms with E-state index >= 15 is 0 Å². The third-order valence-electron chi connectivity index (χ3n) is 2.73. The van der Waals surface area contributed by atoms with Gasteiger partial charge >= 0.3 is 0 Å². The van der Waals surface area contributed by atoms with Gasteiger partial charge in [-0.15, -0.1) is 0 Å². The summed E-state index contributed by atoms with van der Waals surface area (Å²) in [5, 5.41) is 0. The van der Waals surface area contributed by atoms with Crippen LogP contribution in [0.5, 0.6) is 0 Å². The van der Waals surface area contributed by atoms with Crippen LogP contribution < -0.4 is 11.5 Å². The number of thiocarbonyl (C=S) groups is 1. The van der Waals surface area contributed by atoms with Crippen LogP contribution in [0.1, 0.15) is 25.0 Å². The molecule has 0 saturated carbocycles. The van der Waals surface area contributed by atoms with Crippen LogP contribution in [0.15, 0.2) is 18.2 Å². The zero-order valence-electron chi connectivity index (χ0n) is 11.7. The number of benzene rings is 1. The fourth-order valence-electron chi connectivity index (χ4n) is 2.01. The third-order valence-corrected chi connectivity index (χ3v) is 2.96. The zero-order valence-corrected chi connectivity index (χ0v) is 12.5. The molecule has 0 heterocycles. The fourth-order valence-corrected chi connectivity index (χ4v) is 2.14. The molecule has 0 unspecified atom stereocenters. The first kappa shape index (κ1) is 16.5. The van der Waals surface area contributed by atoms with E-state index in [2.05, 4.69) is 0 Å². The summed E-state index contributed by atoms with van der Waals surface area (Å²) in [5.41, 5.74) is 11.8. The molecule has 1 aromatic carbocycles. The normalized spacial score (nSPS) is 11.1. The van der Waals surface area contributed by atoms with Gasteiger partial charge in [-0.1, -0.05) is 26.1 Å². The van der Waals surface area contributed by atoms with Gasteiger partial charge in [-0.3, -0.25) is 9.69 Å². The van der Waals surface area contributed by atoms with Crippen LogP contribution in [-0.4, -0.2) is 28.9 Å². The molecule has 0 spiro atoms. The Morgan fingerprint density at radius 2 is 2.05 bits per heavy atom. The van der Waals surface area contributed by atoms with Gasteiger partial charge < -0.3 is 11.5 Å². The maximum Gasteiger partial charge on any atom is 0.231 e. The summed E-state index contributed by atoms with van der Waals surface area (Å²) < 4.78 is 13.8. The van der Waals surface area contributed by atoms with Crippen LogP contribution in [0.2, 0.25) is 0 Å². The summed E-state index contributed by atoms with van der Waals surface area (Å²) >= 11 is 4.89. The van der Waals surface area contributed by atoms with Gasteiger partial charge in [0.1, 0.15) is 10.8 Å². The number of hydrogen-bond donors (Lipinski definition) is 2. The van der Waals surface area contributed by atoms with Crippen molar-refractivity contribution in [1.82, 2.24) is 4.90 Å². The molecule has 0 atom stereocenters. The predicted octanol–water partition coefficient (Wildman–Crippen LogP) is 1.40. The van der Waals surface area contributed by atoms with Gasteiger partial charge in [0.2, 0.25) is 5.91 Å². The van der Waals surface area contributed by atoms with E-state index in [4.69, 9.17) is 23.7 Å². The molecule has 4 nitrogen and oxygen atoms in total. The van der Waals surface area contributed by atoms with Crippen molar-refractivity contribution in [1.29, 1.82) is 0 Å². The number of carbonyl (C=O) groups excluding carboxylic acids is 1. The first-order chi connectivity index (χ1) is 9.29. The van der Waals surface area contributed by atoms with E-state index in [9.17, 15) is 9.18 Å². The lowest BCUT2D eigenvalue weighted by molar-refractivity contribution is -0.119. The van der Waals surface area contributed by atoms with Crippen LogP contribution >= 0.6 is 12.2 Å². The van der Waals surface area contributed by atoms with E-state index < -0.39 is 5.91 Å². The van der Waals surface area contributed by atoms with Crippen molar-refractivity contribution >= 4 is 23.1 Å². The highest BCUT2D eigenvalue weighted by Crippen LogP contribution is 2.14. The van der Waals surface area contributed by atoms with Crippen LogP contribution in [-0.2, 0) is 11.3 Å². The summed E-state index contributed by atoms with van der Waals surface area (Å²) in [6, 6.07) is 4.50. The quantitative estimate of drug-likeness (QED) is 0.746. The van der Waals surface area contributed by atoms with E-state index in [1.54, 1.807) is 12.1 Å². The average molecular weight is 297 g/mol. The SMILES string of the molecule is CC(C)CN(CC(N)=O)Cc1cc(C(N)=S)ccc1F. The molecule has 0 fully saturated rings. The molecule has 0 aliphatic carbocycles. The molecule has 0 radical (unpaired) electrons. The van der Waals surface area contributed by atoms with E-state index in [-0.39, 0.29) is 17.4 Å². The minimum Gasteiger partial charge on any atom is -0.389 e.